The molecule has 0 aromatic carbocycles. The Morgan fingerprint density at radius 2 is 2.13 bits per heavy atom. The molecule has 1 fully saturated rings. The summed E-state index contributed by atoms with van der Waals surface area (Å²) in [5.74, 6) is -1.73. The Balaban J connectivity index is 1.72. The Morgan fingerprint density at radius 3 is 2.74 bits per heavy atom. The Morgan fingerprint density at radius 1 is 1.39 bits per heavy atom. The summed E-state index contributed by atoms with van der Waals surface area (Å²) in [7, 11) is 1.75. The molecule has 8 heteroatoms. The zero-order valence-corrected chi connectivity index (χ0v) is 12.3. The van der Waals surface area contributed by atoms with E-state index in [1.807, 2.05) is 0 Å². The van der Waals surface area contributed by atoms with Gasteiger partial charge in [-0.25, -0.2) is 0 Å². The minimum Gasteiger partial charge on any atom is -0.349 e. The fourth-order valence-corrected chi connectivity index (χ4v) is 2.63. The monoisotopic (exact) mass is 324 g/mol. The maximum atomic E-state index is 12.5. The lowest BCUT2D eigenvalue weighted by molar-refractivity contribution is -0.198. The number of hydrogen-bond donors (Lipinski definition) is 1. The minimum absolute atomic E-state index is 0.0717. The van der Waals surface area contributed by atoms with Crippen LogP contribution in [-0.4, -0.2) is 32.9 Å². The van der Waals surface area contributed by atoms with Gasteiger partial charge in [0.05, 0.1) is 23.4 Å². The molecule has 5 nitrogen and oxygen atoms in total. The highest BCUT2D eigenvalue weighted by molar-refractivity contribution is 5.99. The highest BCUT2D eigenvalue weighted by atomic mass is 19.4. The first-order valence-electron chi connectivity index (χ1n) is 7.16. The zero-order chi connectivity index (χ0) is 16.6. The molecule has 0 aliphatic heterocycles. The van der Waals surface area contributed by atoms with Gasteiger partial charge in [-0.15, -0.1) is 0 Å². The van der Waals surface area contributed by atoms with E-state index in [0.29, 0.717) is 16.8 Å². The topological polar surface area (TPSA) is 59.8 Å². The summed E-state index contributed by atoms with van der Waals surface area (Å²) >= 11 is 0. The van der Waals surface area contributed by atoms with Gasteiger partial charge < -0.3 is 5.32 Å². The van der Waals surface area contributed by atoms with Gasteiger partial charge in [-0.3, -0.25) is 14.5 Å². The molecule has 0 atom stereocenters. The van der Waals surface area contributed by atoms with Crippen LogP contribution in [0.25, 0.3) is 11.3 Å². The molecule has 2 aromatic rings. The molecule has 0 bridgehead atoms. The van der Waals surface area contributed by atoms with Gasteiger partial charge in [0.1, 0.15) is 0 Å². The fraction of sp³-hybridized carbons (Fsp3) is 0.400. The van der Waals surface area contributed by atoms with Crippen LogP contribution in [0.1, 0.15) is 23.2 Å². The maximum absolute atomic E-state index is 12.5. The van der Waals surface area contributed by atoms with E-state index < -0.39 is 24.0 Å². The van der Waals surface area contributed by atoms with Crippen LogP contribution in [0.3, 0.4) is 0 Å². The summed E-state index contributed by atoms with van der Waals surface area (Å²) in [5.41, 5.74) is 1.47. The molecule has 1 aliphatic rings. The predicted octanol–water partition coefficient (Wildman–Crippen LogP) is 2.55. The third-order valence-electron chi connectivity index (χ3n) is 3.97. The van der Waals surface area contributed by atoms with Gasteiger partial charge in [-0.05, 0) is 25.0 Å². The molecule has 0 radical (unpaired) electrons. The van der Waals surface area contributed by atoms with Gasteiger partial charge in [0, 0.05) is 31.0 Å². The molecule has 1 N–H and O–H groups in total. The smallest absolute Gasteiger partial charge is 0.349 e. The number of nitrogens with zero attached hydrogens (tertiary/aromatic N) is 3. The summed E-state index contributed by atoms with van der Waals surface area (Å²) in [6.07, 6.45) is 0.540. The van der Waals surface area contributed by atoms with E-state index in [-0.39, 0.29) is 12.8 Å². The van der Waals surface area contributed by atoms with E-state index in [2.05, 4.69) is 15.4 Å². The van der Waals surface area contributed by atoms with Gasteiger partial charge in [0.25, 0.3) is 5.91 Å². The quantitative estimate of drug-likeness (QED) is 0.944. The molecular weight excluding hydrogens is 309 g/mol. The molecule has 2 aromatic heterocycles. The van der Waals surface area contributed by atoms with Crippen LogP contribution in [0.5, 0.6) is 0 Å². The highest BCUT2D eigenvalue weighted by Gasteiger charge is 2.48. The second-order valence-corrected chi connectivity index (χ2v) is 5.68. The Labute approximate surface area is 130 Å². The number of pyridine rings is 1. The number of hydrogen-bond acceptors (Lipinski definition) is 3. The second-order valence-electron chi connectivity index (χ2n) is 5.68. The molecular formula is C15H15F3N4O. The summed E-state index contributed by atoms with van der Waals surface area (Å²) < 4.78 is 39.1. The minimum atomic E-state index is -4.18. The molecule has 1 amide bonds. The van der Waals surface area contributed by atoms with E-state index in [1.165, 1.54) is 0 Å². The lowest BCUT2D eigenvalue weighted by Gasteiger charge is -2.36. The van der Waals surface area contributed by atoms with E-state index in [0.717, 1.165) is 0 Å². The molecule has 0 saturated heterocycles. The number of alkyl halides is 3. The van der Waals surface area contributed by atoms with Crippen molar-refractivity contribution in [3.8, 4) is 11.3 Å². The standard InChI is InChI=1S/C15H15F3N4O/c1-22-8-9(7-20-22)13-12(3-2-4-19-13)14(23)21-11-5-10(6-11)15(16,17)18/h2-4,7-8,10-11H,5-6H2,1H3,(H,21,23). The normalized spacial score (nSPS) is 20.9. The van der Waals surface area contributed by atoms with Crippen LogP contribution in [-0.2, 0) is 7.05 Å². The van der Waals surface area contributed by atoms with E-state index in [9.17, 15) is 18.0 Å². The van der Waals surface area contributed by atoms with Gasteiger partial charge in [0.2, 0.25) is 0 Å². The van der Waals surface area contributed by atoms with Crippen molar-refractivity contribution >= 4 is 5.91 Å². The summed E-state index contributed by atoms with van der Waals surface area (Å²) in [5, 5.41) is 6.68. The first kappa shape index (κ1) is 15.5. The largest absolute Gasteiger partial charge is 0.391 e. The zero-order valence-electron chi connectivity index (χ0n) is 12.3. The number of carbonyl (C=O) groups is 1. The van der Waals surface area contributed by atoms with Crippen LogP contribution >= 0.6 is 0 Å². The van der Waals surface area contributed by atoms with Gasteiger partial charge in [0.15, 0.2) is 0 Å². The third kappa shape index (κ3) is 3.20. The second kappa shape index (κ2) is 5.68. The molecule has 1 saturated carbocycles. The van der Waals surface area contributed by atoms with Crippen molar-refractivity contribution in [3.05, 3.63) is 36.3 Å². The van der Waals surface area contributed by atoms with Gasteiger partial charge in [-0.2, -0.15) is 18.3 Å². The first-order valence-corrected chi connectivity index (χ1v) is 7.16. The number of halogens is 3. The average Bonchev–Trinajstić information content (AvgIpc) is 2.87. The molecule has 122 valence electrons. The van der Waals surface area contributed by atoms with Gasteiger partial charge >= 0.3 is 6.18 Å². The Bertz CT molecular complexity index is 720. The van der Waals surface area contributed by atoms with Gasteiger partial charge in [-0.1, -0.05) is 0 Å². The lowest BCUT2D eigenvalue weighted by atomic mass is 9.79. The van der Waals surface area contributed by atoms with Crippen LogP contribution in [0.4, 0.5) is 13.2 Å². The summed E-state index contributed by atoms with van der Waals surface area (Å²) in [6, 6.07) is 2.77. The van der Waals surface area contributed by atoms with Crippen LogP contribution in [0.2, 0.25) is 0 Å². The SMILES string of the molecule is Cn1cc(-c2ncccc2C(=O)NC2CC(C(F)(F)F)C2)cn1. The van der Waals surface area contributed by atoms with Crippen molar-refractivity contribution in [1.82, 2.24) is 20.1 Å². The van der Waals surface area contributed by atoms with Crippen molar-refractivity contribution in [2.45, 2.75) is 25.1 Å². The highest BCUT2D eigenvalue weighted by Crippen LogP contribution is 2.41. The van der Waals surface area contributed by atoms with Crippen molar-refractivity contribution in [2.24, 2.45) is 13.0 Å². The number of aryl methyl sites for hydroxylation is 1. The van der Waals surface area contributed by atoms with Crippen LogP contribution in [0.15, 0.2) is 30.7 Å². The third-order valence-corrected chi connectivity index (χ3v) is 3.97. The molecule has 1 aliphatic carbocycles. The van der Waals surface area contributed by atoms with E-state index in [1.54, 1.807) is 42.5 Å². The number of rotatable bonds is 3. The Kier molecular flexibility index (Phi) is 3.83. The number of amides is 1. The summed E-state index contributed by atoms with van der Waals surface area (Å²) in [4.78, 5) is 16.5. The van der Waals surface area contributed by atoms with E-state index >= 15 is 0 Å². The number of aromatic nitrogens is 3. The molecule has 23 heavy (non-hydrogen) atoms. The van der Waals surface area contributed by atoms with Crippen molar-refractivity contribution in [3.63, 3.8) is 0 Å². The molecule has 3 rings (SSSR count). The molecule has 2 heterocycles. The predicted molar refractivity (Wildman–Crippen MR) is 76.5 cm³/mol. The first-order chi connectivity index (χ1) is 10.8. The number of carbonyl (C=O) groups excluding carboxylic acids is 1. The molecule has 0 unspecified atom stereocenters. The van der Waals surface area contributed by atoms with Crippen LogP contribution < -0.4 is 5.32 Å². The number of nitrogens with one attached hydrogen (secondary N) is 1. The van der Waals surface area contributed by atoms with Crippen LogP contribution in [0, 0.1) is 5.92 Å². The average molecular weight is 324 g/mol. The van der Waals surface area contributed by atoms with E-state index in [4.69, 9.17) is 0 Å². The van der Waals surface area contributed by atoms with Crippen molar-refractivity contribution in [2.75, 3.05) is 0 Å². The Hall–Kier alpha value is -2.38. The van der Waals surface area contributed by atoms with Crippen molar-refractivity contribution in [1.29, 1.82) is 0 Å². The maximum Gasteiger partial charge on any atom is 0.391 e. The lowest BCUT2D eigenvalue weighted by Crippen LogP contribution is -2.49. The summed E-state index contributed by atoms with van der Waals surface area (Å²) in [6.45, 7) is 0. The fourth-order valence-electron chi connectivity index (χ4n) is 2.63. The molecule has 0 spiro atoms. The van der Waals surface area contributed by atoms with Crippen molar-refractivity contribution < 1.29 is 18.0 Å².